The Balaban J connectivity index is 1.74. The highest BCUT2D eigenvalue weighted by molar-refractivity contribution is 5.94. The summed E-state index contributed by atoms with van der Waals surface area (Å²) in [6.07, 6.45) is 4.84. The molecule has 1 aliphatic rings. The Kier molecular flexibility index (Phi) is 3.69. The van der Waals surface area contributed by atoms with Crippen molar-refractivity contribution in [2.45, 2.75) is 6.10 Å². The van der Waals surface area contributed by atoms with Crippen LogP contribution in [0.5, 0.6) is 0 Å². The van der Waals surface area contributed by atoms with E-state index in [2.05, 4.69) is 9.97 Å². The number of pyridine rings is 2. The molecule has 0 aromatic carbocycles. The molecule has 2 aromatic rings. The van der Waals surface area contributed by atoms with Gasteiger partial charge in [-0.15, -0.1) is 0 Å². The first-order valence-electron chi connectivity index (χ1n) is 6.56. The summed E-state index contributed by atoms with van der Waals surface area (Å²) in [5.74, 6) is 0.0108. The third-order valence-electron chi connectivity index (χ3n) is 3.30. The van der Waals surface area contributed by atoms with Crippen LogP contribution in [-0.2, 0) is 4.74 Å². The van der Waals surface area contributed by atoms with Gasteiger partial charge in [0.2, 0.25) is 0 Å². The standard InChI is InChI=1S/C15H15N3O2/c19-15(12-4-7-16-8-5-12)18-9-10-20-14(11-18)13-3-1-2-6-17-13/h1-8,14H,9-11H2. The number of carbonyl (C=O) groups is 1. The summed E-state index contributed by atoms with van der Waals surface area (Å²) in [6, 6.07) is 9.17. The van der Waals surface area contributed by atoms with Crippen molar-refractivity contribution in [3.63, 3.8) is 0 Å². The summed E-state index contributed by atoms with van der Waals surface area (Å²) >= 11 is 0. The Labute approximate surface area is 117 Å². The monoisotopic (exact) mass is 269 g/mol. The normalized spacial score (nSPS) is 18.8. The molecule has 1 aliphatic heterocycles. The van der Waals surface area contributed by atoms with Crippen LogP contribution in [0, 0.1) is 0 Å². The van der Waals surface area contributed by atoms with Gasteiger partial charge in [-0.05, 0) is 24.3 Å². The maximum absolute atomic E-state index is 12.4. The molecular weight excluding hydrogens is 254 g/mol. The molecule has 1 atom stereocenters. The summed E-state index contributed by atoms with van der Waals surface area (Å²) in [5.41, 5.74) is 1.52. The lowest BCUT2D eigenvalue weighted by atomic mass is 10.1. The minimum absolute atomic E-state index is 0.0108. The lowest BCUT2D eigenvalue weighted by molar-refractivity contribution is -0.0247. The summed E-state index contributed by atoms with van der Waals surface area (Å²) in [5, 5.41) is 0. The molecule has 102 valence electrons. The third kappa shape index (κ3) is 2.67. The van der Waals surface area contributed by atoms with E-state index in [0.29, 0.717) is 25.3 Å². The first-order valence-corrected chi connectivity index (χ1v) is 6.56. The average molecular weight is 269 g/mol. The van der Waals surface area contributed by atoms with Gasteiger partial charge in [-0.3, -0.25) is 14.8 Å². The molecule has 5 heteroatoms. The van der Waals surface area contributed by atoms with Crippen LogP contribution >= 0.6 is 0 Å². The van der Waals surface area contributed by atoms with Crippen molar-refractivity contribution in [2.75, 3.05) is 19.7 Å². The van der Waals surface area contributed by atoms with Gasteiger partial charge >= 0.3 is 0 Å². The molecule has 20 heavy (non-hydrogen) atoms. The summed E-state index contributed by atoms with van der Waals surface area (Å²) < 4.78 is 5.71. The number of morpholine rings is 1. The Morgan fingerprint density at radius 3 is 2.80 bits per heavy atom. The van der Waals surface area contributed by atoms with Gasteiger partial charge in [-0.2, -0.15) is 0 Å². The van der Waals surface area contributed by atoms with Crippen LogP contribution < -0.4 is 0 Å². The van der Waals surface area contributed by atoms with E-state index in [4.69, 9.17) is 4.74 Å². The Morgan fingerprint density at radius 2 is 2.05 bits per heavy atom. The quantitative estimate of drug-likeness (QED) is 0.832. The number of hydrogen-bond acceptors (Lipinski definition) is 4. The molecule has 0 radical (unpaired) electrons. The van der Waals surface area contributed by atoms with Gasteiger partial charge in [-0.1, -0.05) is 6.07 Å². The Hall–Kier alpha value is -2.27. The van der Waals surface area contributed by atoms with E-state index in [1.165, 1.54) is 0 Å². The van der Waals surface area contributed by atoms with Crippen LogP contribution in [-0.4, -0.2) is 40.5 Å². The molecule has 1 fully saturated rings. The number of carbonyl (C=O) groups excluding carboxylic acids is 1. The number of ether oxygens (including phenoxy) is 1. The van der Waals surface area contributed by atoms with Gasteiger partial charge < -0.3 is 9.64 Å². The molecule has 2 aromatic heterocycles. The Morgan fingerprint density at radius 1 is 1.20 bits per heavy atom. The second-order valence-electron chi connectivity index (χ2n) is 4.60. The fourth-order valence-electron chi connectivity index (χ4n) is 2.26. The minimum atomic E-state index is -0.157. The largest absolute Gasteiger partial charge is 0.368 e. The summed E-state index contributed by atoms with van der Waals surface area (Å²) in [7, 11) is 0. The minimum Gasteiger partial charge on any atom is -0.368 e. The predicted molar refractivity (Wildman–Crippen MR) is 73.1 cm³/mol. The maximum Gasteiger partial charge on any atom is 0.254 e. The highest BCUT2D eigenvalue weighted by Gasteiger charge is 2.26. The van der Waals surface area contributed by atoms with Crippen molar-refractivity contribution in [2.24, 2.45) is 0 Å². The molecule has 1 saturated heterocycles. The average Bonchev–Trinajstić information content (AvgIpc) is 2.56. The van der Waals surface area contributed by atoms with E-state index in [0.717, 1.165) is 5.69 Å². The van der Waals surface area contributed by atoms with E-state index >= 15 is 0 Å². The van der Waals surface area contributed by atoms with Crippen LogP contribution in [0.1, 0.15) is 22.2 Å². The molecule has 5 nitrogen and oxygen atoms in total. The van der Waals surface area contributed by atoms with Crippen molar-refractivity contribution in [3.8, 4) is 0 Å². The van der Waals surface area contributed by atoms with Crippen LogP contribution in [0.4, 0.5) is 0 Å². The van der Waals surface area contributed by atoms with Gasteiger partial charge in [0, 0.05) is 30.7 Å². The van der Waals surface area contributed by atoms with Crippen molar-refractivity contribution in [1.29, 1.82) is 0 Å². The van der Waals surface area contributed by atoms with E-state index in [-0.39, 0.29) is 12.0 Å². The molecule has 0 N–H and O–H groups in total. The molecule has 0 aliphatic carbocycles. The zero-order chi connectivity index (χ0) is 13.8. The zero-order valence-corrected chi connectivity index (χ0v) is 11.0. The van der Waals surface area contributed by atoms with E-state index in [9.17, 15) is 4.79 Å². The highest BCUT2D eigenvalue weighted by atomic mass is 16.5. The lowest BCUT2D eigenvalue weighted by Gasteiger charge is -2.32. The molecule has 1 unspecified atom stereocenters. The molecule has 3 rings (SSSR count). The fraction of sp³-hybridized carbons (Fsp3) is 0.267. The number of hydrogen-bond donors (Lipinski definition) is 0. The molecule has 1 amide bonds. The second kappa shape index (κ2) is 5.79. The lowest BCUT2D eigenvalue weighted by Crippen LogP contribution is -2.42. The van der Waals surface area contributed by atoms with Crippen LogP contribution in [0.25, 0.3) is 0 Å². The van der Waals surface area contributed by atoms with Crippen LogP contribution in [0.15, 0.2) is 48.9 Å². The smallest absolute Gasteiger partial charge is 0.254 e. The Bertz CT molecular complexity index is 574. The number of amides is 1. The van der Waals surface area contributed by atoms with Crippen molar-refractivity contribution in [3.05, 3.63) is 60.2 Å². The predicted octanol–water partition coefficient (Wildman–Crippen LogP) is 1.69. The van der Waals surface area contributed by atoms with Gasteiger partial charge in [0.25, 0.3) is 5.91 Å². The summed E-state index contributed by atoms with van der Waals surface area (Å²) in [6.45, 7) is 1.65. The molecule has 0 saturated carbocycles. The van der Waals surface area contributed by atoms with Crippen molar-refractivity contribution < 1.29 is 9.53 Å². The molecule has 3 heterocycles. The molecule has 0 bridgehead atoms. The highest BCUT2D eigenvalue weighted by Crippen LogP contribution is 2.21. The van der Waals surface area contributed by atoms with E-state index < -0.39 is 0 Å². The first kappa shape index (κ1) is 12.7. The van der Waals surface area contributed by atoms with Gasteiger partial charge in [0.1, 0.15) is 6.10 Å². The molecule has 0 spiro atoms. The maximum atomic E-state index is 12.4. The van der Waals surface area contributed by atoms with Crippen LogP contribution in [0.2, 0.25) is 0 Å². The van der Waals surface area contributed by atoms with E-state index in [1.54, 1.807) is 35.6 Å². The first-order chi connectivity index (χ1) is 9.84. The van der Waals surface area contributed by atoms with Crippen LogP contribution in [0.3, 0.4) is 0 Å². The van der Waals surface area contributed by atoms with Gasteiger partial charge in [-0.25, -0.2) is 0 Å². The fourth-order valence-corrected chi connectivity index (χ4v) is 2.26. The van der Waals surface area contributed by atoms with Crippen molar-refractivity contribution >= 4 is 5.91 Å². The third-order valence-corrected chi connectivity index (χ3v) is 3.30. The molecular formula is C15H15N3O2. The zero-order valence-electron chi connectivity index (χ0n) is 11.0. The SMILES string of the molecule is O=C(c1ccncc1)N1CCOC(c2ccccn2)C1. The topological polar surface area (TPSA) is 55.3 Å². The number of nitrogens with zero attached hydrogens (tertiary/aromatic N) is 3. The van der Waals surface area contributed by atoms with E-state index in [1.807, 2.05) is 18.2 Å². The van der Waals surface area contributed by atoms with Gasteiger partial charge in [0.15, 0.2) is 0 Å². The summed E-state index contributed by atoms with van der Waals surface area (Å²) in [4.78, 5) is 22.4. The second-order valence-corrected chi connectivity index (χ2v) is 4.60. The van der Waals surface area contributed by atoms with Crippen molar-refractivity contribution in [1.82, 2.24) is 14.9 Å². The number of rotatable bonds is 2. The van der Waals surface area contributed by atoms with Gasteiger partial charge in [0.05, 0.1) is 18.8 Å². The number of aromatic nitrogens is 2.